The molecule has 0 saturated carbocycles. The van der Waals surface area contributed by atoms with Gasteiger partial charge in [-0.1, -0.05) is 43.7 Å². The number of aromatic nitrogens is 1. The fourth-order valence-electron chi connectivity index (χ4n) is 2.16. The van der Waals surface area contributed by atoms with Crippen LogP contribution in [0.2, 0.25) is 0 Å². The van der Waals surface area contributed by atoms with Crippen molar-refractivity contribution in [1.82, 2.24) is 4.98 Å². The molecule has 1 amide bonds. The summed E-state index contributed by atoms with van der Waals surface area (Å²) in [6.07, 6.45) is 4.17. The average molecular weight is 297 g/mol. The molecule has 2 rings (SSSR count). The Morgan fingerprint density at radius 1 is 1.18 bits per heavy atom. The summed E-state index contributed by atoms with van der Waals surface area (Å²) in [5.74, 6) is 0.838. The second-order valence-corrected chi connectivity index (χ2v) is 5.36. The number of nitrogens with one attached hydrogen (secondary N) is 2. The standard InChI is InChI=1S/C18H23N3O/c1-3-4-10-18(22)21-16-11-12-17(19-13-16)20-14(2)15-8-6-5-7-9-15/h5-9,11-14H,3-4,10H2,1-2H3,(H,19,20)(H,21,22). The van der Waals surface area contributed by atoms with Crippen LogP contribution in [-0.2, 0) is 4.79 Å². The molecule has 0 fully saturated rings. The maximum absolute atomic E-state index is 11.7. The van der Waals surface area contributed by atoms with Crippen LogP contribution in [0.1, 0.15) is 44.7 Å². The number of rotatable bonds is 7. The lowest BCUT2D eigenvalue weighted by molar-refractivity contribution is -0.116. The minimum Gasteiger partial charge on any atom is -0.364 e. The highest BCUT2D eigenvalue weighted by molar-refractivity contribution is 5.90. The van der Waals surface area contributed by atoms with Crippen molar-refractivity contribution in [2.45, 2.75) is 39.2 Å². The quantitative estimate of drug-likeness (QED) is 0.797. The fraction of sp³-hybridized carbons (Fsp3) is 0.333. The van der Waals surface area contributed by atoms with Gasteiger partial charge < -0.3 is 10.6 Å². The van der Waals surface area contributed by atoms with Gasteiger partial charge in [0.05, 0.1) is 11.9 Å². The third-order valence-corrected chi connectivity index (χ3v) is 3.47. The number of hydrogen-bond donors (Lipinski definition) is 2. The van der Waals surface area contributed by atoms with Crippen LogP contribution in [0.4, 0.5) is 11.5 Å². The van der Waals surface area contributed by atoms with Gasteiger partial charge in [0.25, 0.3) is 0 Å². The first-order valence-corrected chi connectivity index (χ1v) is 7.76. The number of benzene rings is 1. The number of unbranched alkanes of at least 4 members (excludes halogenated alkanes) is 1. The summed E-state index contributed by atoms with van der Waals surface area (Å²) in [6, 6.07) is 14.2. The molecular weight excluding hydrogens is 274 g/mol. The number of hydrogen-bond acceptors (Lipinski definition) is 3. The number of anilines is 2. The predicted molar refractivity (Wildman–Crippen MR) is 90.9 cm³/mol. The van der Waals surface area contributed by atoms with E-state index < -0.39 is 0 Å². The molecule has 4 nitrogen and oxygen atoms in total. The van der Waals surface area contributed by atoms with Crippen LogP contribution in [0.25, 0.3) is 0 Å². The Balaban J connectivity index is 1.90. The summed E-state index contributed by atoms with van der Waals surface area (Å²) in [6.45, 7) is 4.17. The summed E-state index contributed by atoms with van der Waals surface area (Å²) in [7, 11) is 0. The van der Waals surface area contributed by atoms with E-state index in [-0.39, 0.29) is 11.9 Å². The maximum Gasteiger partial charge on any atom is 0.224 e. The lowest BCUT2D eigenvalue weighted by Gasteiger charge is -2.15. The Kier molecular flexibility index (Phi) is 5.95. The minimum atomic E-state index is 0.0435. The molecular formula is C18H23N3O. The molecule has 0 spiro atoms. The van der Waals surface area contributed by atoms with Crippen molar-refractivity contribution in [3.05, 3.63) is 54.2 Å². The first-order chi connectivity index (χ1) is 10.7. The number of carbonyl (C=O) groups is 1. The molecule has 1 atom stereocenters. The van der Waals surface area contributed by atoms with Gasteiger partial charge in [0, 0.05) is 12.5 Å². The predicted octanol–water partition coefficient (Wildman–Crippen LogP) is 4.38. The van der Waals surface area contributed by atoms with Crippen molar-refractivity contribution in [1.29, 1.82) is 0 Å². The van der Waals surface area contributed by atoms with Gasteiger partial charge in [-0.25, -0.2) is 4.98 Å². The van der Waals surface area contributed by atoms with Gasteiger partial charge in [0.1, 0.15) is 5.82 Å². The SMILES string of the molecule is CCCCC(=O)Nc1ccc(NC(C)c2ccccc2)nc1. The van der Waals surface area contributed by atoms with Crippen LogP contribution in [0, 0.1) is 0 Å². The Bertz CT molecular complexity index is 581. The van der Waals surface area contributed by atoms with Crippen LogP contribution in [0.3, 0.4) is 0 Å². The molecule has 2 N–H and O–H groups in total. The minimum absolute atomic E-state index is 0.0435. The highest BCUT2D eigenvalue weighted by Crippen LogP contribution is 2.18. The van der Waals surface area contributed by atoms with E-state index in [9.17, 15) is 4.79 Å². The molecule has 0 saturated heterocycles. The molecule has 1 unspecified atom stereocenters. The van der Waals surface area contributed by atoms with Gasteiger partial charge in [-0.15, -0.1) is 0 Å². The molecule has 1 aromatic carbocycles. The van der Waals surface area contributed by atoms with Crippen molar-refractivity contribution < 1.29 is 4.79 Å². The largest absolute Gasteiger partial charge is 0.364 e. The Hall–Kier alpha value is -2.36. The first kappa shape index (κ1) is 16.0. The van der Waals surface area contributed by atoms with E-state index in [4.69, 9.17) is 0 Å². The van der Waals surface area contributed by atoms with Gasteiger partial charge in [0.15, 0.2) is 0 Å². The van der Waals surface area contributed by atoms with E-state index in [0.717, 1.165) is 24.3 Å². The van der Waals surface area contributed by atoms with Crippen molar-refractivity contribution in [2.75, 3.05) is 10.6 Å². The number of amides is 1. The molecule has 0 aliphatic rings. The van der Waals surface area contributed by atoms with E-state index in [1.165, 1.54) is 5.56 Å². The summed E-state index contributed by atoms with van der Waals surface area (Å²) < 4.78 is 0. The number of pyridine rings is 1. The molecule has 0 bridgehead atoms. The topological polar surface area (TPSA) is 54.0 Å². The van der Waals surface area contributed by atoms with Crippen molar-refractivity contribution in [3.63, 3.8) is 0 Å². The lowest BCUT2D eigenvalue weighted by atomic mass is 10.1. The first-order valence-electron chi connectivity index (χ1n) is 7.76. The Morgan fingerprint density at radius 2 is 1.95 bits per heavy atom. The van der Waals surface area contributed by atoms with E-state index in [0.29, 0.717) is 6.42 Å². The van der Waals surface area contributed by atoms with Crippen molar-refractivity contribution >= 4 is 17.4 Å². The fourth-order valence-corrected chi connectivity index (χ4v) is 2.16. The molecule has 0 aliphatic heterocycles. The Labute approximate surface area is 132 Å². The lowest BCUT2D eigenvalue weighted by Crippen LogP contribution is -2.12. The van der Waals surface area contributed by atoms with Gasteiger partial charge in [0.2, 0.25) is 5.91 Å². The number of nitrogens with zero attached hydrogens (tertiary/aromatic N) is 1. The Morgan fingerprint density at radius 3 is 2.59 bits per heavy atom. The molecule has 1 heterocycles. The van der Waals surface area contributed by atoms with Crippen LogP contribution in [0.15, 0.2) is 48.7 Å². The maximum atomic E-state index is 11.7. The van der Waals surface area contributed by atoms with Gasteiger partial charge in [-0.05, 0) is 31.0 Å². The highest BCUT2D eigenvalue weighted by atomic mass is 16.1. The van der Waals surface area contributed by atoms with Crippen LogP contribution >= 0.6 is 0 Å². The second-order valence-electron chi connectivity index (χ2n) is 5.36. The van der Waals surface area contributed by atoms with E-state index in [1.54, 1.807) is 6.20 Å². The summed E-state index contributed by atoms with van der Waals surface area (Å²) in [5, 5.41) is 6.21. The molecule has 22 heavy (non-hydrogen) atoms. The summed E-state index contributed by atoms with van der Waals surface area (Å²) >= 11 is 0. The zero-order valence-electron chi connectivity index (χ0n) is 13.2. The van der Waals surface area contributed by atoms with Crippen LogP contribution in [0.5, 0.6) is 0 Å². The molecule has 0 radical (unpaired) electrons. The summed E-state index contributed by atoms with van der Waals surface area (Å²) in [5.41, 5.74) is 1.94. The molecule has 0 aliphatic carbocycles. The highest BCUT2D eigenvalue weighted by Gasteiger charge is 2.06. The second kappa shape index (κ2) is 8.17. The normalized spacial score (nSPS) is 11.7. The van der Waals surface area contributed by atoms with E-state index in [1.807, 2.05) is 30.3 Å². The molecule has 4 heteroatoms. The van der Waals surface area contributed by atoms with Crippen LogP contribution in [-0.4, -0.2) is 10.9 Å². The van der Waals surface area contributed by atoms with Crippen molar-refractivity contribution in [3.8, 4) is 0 Å². The van der Waals surface area contributed by atoms with E-state index >= 15 is 0 Å². The average Bonchev–Trinajstić information content (AvgIpc) is 2.55. The third kappa shape index (κ3) is 4.88. The third-order valence-electron chi connectivity index (χ3n) is 3.47. The van der Waals surface area contributed by atoms with Gasteiger partial charge in [-0.2, -0.15) is 0 Å². The van der Waals surface area contributed by atoms with E-state index in [2.05, 4.69) is 41.6 Å². The van der Waals surface area contributed by atoms with Crippen molar-refractivity contribution in [2.24, 2.45) is 0 Å². The molecule has 116 valence electrons. The van der Waals surface area contributed by atoms with Gasteiger partial charge in [-0.3, -0.25) is 4.79 Å². The zero-order valence-corrected chi connectivity index (χ0v) is 13.2. The zero-order chi connectivity index (χ0) is 15.8. The number of carbonyl (C=O) groups excluding carboxylic acids is 1. The monoisotopic (exact) mass is 297 g/mol. The van der Waals surface area contributed by atoms with Gasteiger partial charge >= 0.3 is 0 Å². The van der Waals surface area contributed by atoms with Crippen LogP contribution < -0.4 is 10.6 Å². The molecule has 2 aromatic rings. The smallest absolute Gasteiger partial charge is 0.224 e. The molecule has 1 aromatic heterocycles. The summed E-state index contributed by atoms with van der Waals surface area (Å²) in [4.78, 5) is 16.0.